The molecule has 28 heavy (non-hydrogen) atoms. The molecule has 7 heteroatoms. The number of ether oxygens (including phenoxy) is 1. The second kappa shape index (κ2) is 7.66. The van der Waals surface area contributed by atoms with Crippen molar-refractivity contribution in [1.82, 2.24) is 15.0 Å². The molecular weight excluding hydrogens is 358 g/mol. The Morgan fingerprint density at radius 2 is 2.00 bits per heavy atom. The molecule has 2 aromatic heterocycles. The van der Waals surface area contributed by atoms with Crippen LogP contribution >= 0.6 is 0 Å². The van der Waals surface area contributed by atoms with Crippen molar-refractivity contribution in [3.8, 4) is 22.8 Å². The van der Waals surface area contributed by atoms with Gasteiger partial charge >= 0.3 is 0 Å². The topological polar surface area (TPSA) is 81.6 Å². The summed E-state index contributed by atoms with van der Waals surface area (Å²) < 4.78 is 16.0. The first kappa shape index (κ1) is 17.9. The van der Waals surface area contributed by atoms with E-state index in [-0.39, 0.29) is 5.91 Å². The Hall–Kier alpha value is -3.45. The molecule has 0 fully saturated rings. The van der Waals surface area contributed by atoms with Crippen molar-refractivity contribution in [3.63, 3.8) is 0 Å². The van der Waals surface area contributed by atoms with Gasteiger partial charge < -0.3 is 18.6 Å². The van der Waals surface area contributed by atoms with Crippen molar-refractivity contribution in [1.29, 1.82) is 0 Å². The normalized spacial score (nSPS) is 11.1. The van der Waals surface area contributed by atoms with E-state index < -0.39 is 0 Å². The first-order valence-electron chi connectivity index (χ1n) is 8.82. The van der Waals surface area contributed by atoms with Gasteiger partial charge in [-0.15, -0.1) is 0 Å². The van der Waals surface area contributed by atoms with Crippen LogP contribution in [0.2, 0.25) is 0 Å². The summed E-state index contributed by atoms with van der Waals surface area (Å²) in [6.07, 6.45) is 1.54. The van der Waals surface area contributed by atoms with Crippen molar-refractivity contribution in [2.45, 2.75) is 0 Å². The maximum absolute atomic E-state index is 12.6. The maximum atomic E-state index is 12.6. The molecule has 1 amide bonds. The van der Waals surface area contributed by atoms with Gasteiger partial charge in [0.15, 0.2) is 5.58 Å². The fraction of sp³-hybridized carbons (Fsp3) is 0.190. The van der Waals surface area contributed by atoms with Crippen LogP contribution in [0.25, 0.3) is 33.8 Å². The van der Waals surface area contributed by atoms with Crippen molar-refractivity contribution >= 4 is 16.9 Å². The minimum absolute atomic E-state index is 0.101. The zero-order valence-electron chi connectivity index (χ0n) is 15.6. The van der Waals surface area contributed by atoms with Crippen LogP contribution in [0.1, 0.15) is 10.4 Å². The van der Waals surface area contributed by atoms with Crippen LogP contribution in [0.15, 0.2) is 63.7 Å². The number of oxazole rings is 1. The Morgan fingerprint density at radius 3 is 2.79 bits per heavy atom. The summed E-state index contributed by atoms with van der Waals surface area (Å²) in [5.74, 6) is 0.398. The van der Waals surface area contributed by atoms with Gasteiger partial charge in [-0.1, -0.05) is 23.4 Å². The summed E-state index contributed by atoms with van der Waals surface area (Å²) in [7, 11) is 3.35. The Bertz CT molecular complexity index is 1100. The number of carbonyl (C=O) groups excluding carboxylic acids is 1. The van der Waals surface area contributed by atoms with Crippen molar-refractivity contribution in [2.75, 3.05) is 27.3 Å². The Labute approximate surface area is 161 Å². The monoisotopic (exact) mass is 377 g/mol. The highest BCUT2D eigenvalue weighted by molar-refractivity contribution is 6.00. The lowest BCUT2D eigenvalue weighted by Crippen LogP contribution is -2.29. The number of aromatic nitrogens is 2. The molecule has 2 aromatic carbocycles. The van der Waals surface area contributed by atoms with E-state index in [0.29, 0.717) is 47.0 Å². The average molecular weight is 377 g/mol. The Kier molecular flexibility index (Phi) is 4.90. The van der Waals surface area contributed by atoms with Gasteiger partial charge in [0.25, 0.3) is 5.91 Å². The number of carbonyl (C=O) groups is 1. The summed E-state index contributed by atoms with van der Waals surface area (Å²) >= 11 is 0. The molecule has 0 atom stereocenters. The molecule has 7 nitrogen and oxygen atoms in total. The highest BCUT2D eigenvalue weighted by Gasteiger charge is 2.18. The van der Waals surface area contributed by atoms with Gasteiger partial charge in [0.05, 0.1) is 12.0 Å². The van der Waals surface area contributed by atoms with Gasteiger partial charge in [0, 0.05) is 31.8 Å². The van der Waals surface area contributed by atoms with Gasteiger partial charge in [-0.05, 0) is 30.3 Å². The zero-order chi connectivity index (χ0) is 19.5. The molecule has 0 aliphatic rings. The average Bonchev–Trinajstić information content (AvgIpc) is 3.38. The maximum Gasteiger partial charge on any atom is 0.253 e. The molecule has 0 bridgehead atoms. The summed E-state index contributed by atoms with van der Waals surface area (Å²) in [5.41, 5.74) is 3.08. The molecule has 142 valence electrons. The highest BCUT2D eigenvalue weighted by atomic mass is 16.5. The quantitative estimate of drug-likeness (QED) is 0.507. The predicted molar refractivity (Wildman–Crippen MR) is 104 cm³/mol. The Balaban J connectivity index is 1.67. The third-order valence-electron chi connectivity index (χ3n) is 4.46. The number of hydrogen-bond donors (Lipinski definition) is 0. The van der Waals surface area contributed by atoms with E-state index in [1.54, 1.807) is 43.5 Å². The van der Waals surface area contributed by atoms with E-state index >= 15 is 0 Å². The largest absolute Gasteiger partial charge is 0.444 e. The third-order valence-corrected chi connectivity index (χ3v) is 4.46. The fourth-order valence-corrected chi connectivity index (χ4v) is 2.90. The molecule has 0 aliphatic heterocycles. The molecule has 4 rings (SSSR count). The second-order valence-electron chi connectivity index (χ2n) is 6.37. The van der Waals surface area contributed by atoms with Crippen LogP contribution in [-0.4, -0.2) is 48.3 Å². The van der Waals surface area contributed by atoms with Crippen LogP contribution in [0.4, 0.5) is 0 Å². The van der Waals surface area contributed by atoms with Crippen LogP contribution in [-0.2, 0) is 4.74 Å². The Morgan fingerprint density at radius 1 is 1.18 bits per heavy atom. The van der Waals surface area contributed by atoms with Crippen LogP contribution < -0.4 is 0 Å². The lowest BCUT2D eigenvalue weighted by atomic mass is 10.1. The van der Waals surface area contributed by atoms with E-state index in [4.69, 9.17) is 13.7 Å². The molecule has 2 heterocycles. The van der Waals surface area contributed by atoms with Crippen molar-refractivity contribution < 1.29 is 18.5 Å². The zero-order valence-corrected chi connectivity index (χ0v) is 15.6. The number of fused-ring (bicyclic) bond motifs is 1. The van der Waals surface area contributed by atoms with Gasteiger partial charge in [-0.2, -0.15) is 0 Å². The van der Waals surface area contributed by atoms with E-state index in [1.807, 2.05) is 30.3 Å². The smallest absolute Gasteiger partial charge is 0.253 e. The molecule has 0 saturated carbocycles. The van der Waals surface area contributed by atoms with Crippen LogP contribution in [0.5, 0.6) is 0 Å². The van der Waals surface area contributed by atoms with E-state index in [0.717, 1.165) is 5.56 Å². The number of methoxy groups -OCH3 is 1. The number of likely N-dealkylation sites (N-methyl/N-ethyl adjacent to an activating group) is 1. The van der Waals surface area contributed by atoms with Gasteiger partial charge in [-0.3, -0.25) is 4.79 Å². The number of hydrogen-bond acceptors (Lipinski definition) is 6. The summed E-state index contributed by atoms with van der Waals surface area (Å²) in [5, 5.41) is 4.83. The summed E-state index contributed by atoms with van der Waals surface area (Å²) in [4.78, 5) is 18.8. The number of amides is 1. The summed E-state index contributed by atoms with van der Waals surface area (Å²) in [6, 6.07) is 14.8. The van der Waals surface area contributed by atoms with E-state index in [1.165, 1.54) is 0 Å². The molecule has 0 saturated heterocycles. The number of rotatable bonds is 6. The molecule has 0 radical (unpaired) electrons. The van der Waals surface area contributed by atoms with E-state index in [2.05, 4.69) is 10.1 Å². The summed E-state index contributed by atoms with van der Waals surface area (Å²) in [6.45, 7) is 0.984. The van der Waals surface area contributed by atoms with Crippen molar-refractivity contribution in [3.05, 3.63) is 60.4 Å². The van der Waals surface area contributed by atoms with Crippen LogP contribution in [0, 0.1) is 0 Å². The highest BCUT2D eigenvalue weighted by Crippen LogP contribution is 2.30. The standard InChI is InChI=1S/C21H19N3O4/c1-24(10-11-26-2)21(25)15-8-9-18-16(12-15)19(23-28-18)17-13-27-20(22-17)14-6-4-3-5-7-14/h3-9,12-13H,10-11H2,1-2H3. The fourth-order valence-electron chi connectivity index (χ4n) is 2.90. The van der Waals surface area contributed by atoms with Crippen LogP contribution in [0.3, 0.4) is 0 Å². The lowest BCUT2D eigenvalue weighted by molar-refractivity contribution is 0.0744. The molecule has 0 unspecified atom stereocenters. The third kappa shape index (κ3) is 3.39. The number of benzene rings is 2. The molecule has 4 aromatic rings. The second-order valence-corrected chi connectivity index (χ2v) is 6.37. The van der Waals surface area contributed by atoms with Gasteiger partial charge in [-0.25, -0.2) is 4.98 Å². The molecule has 0 aliphatic carbocycles. The lowest BCUT2D eigenvalue weighted by Gasteiger charge is -2.16. The first-order valence-corrected chi connectivity index (χ1v) is 8.82. The van der Waals surface area contributed by atoms with E-state index in [9.17, 15) is 4.79 Å². The predicted octanol–water partition coefficient (Wildman–Crippen LogP) is 3.87. The SMILES string of the molecule is COCCN(C)C(=O)c1ccc2onc(-c3coc(-c4ccccc4)n3)c2c1. The first-order chi connectivity index (χ1) is 13.7. The number of nitrogens with zero attached hydrogens (tertiary/aromatic N) is 3. The minimum Gasteiger partial charge on any atom is -0.444 e. The van der Waals surface area contributed by atoms with Crippen molar-refractivity contribution in [2.24, 2.45) is 0 Å². The minimum atomic E-state index is -0.101. The van der Waals surface area contributed by atoms with Gasteiger partial charge in [0.1, 0.15) is 17.7 Å². The molecular formula is C21H19N3O4. The molecule has 0 spiro atoms. The molecule has 0 N–H and O–H groups in total. The van der Waals surface area contributed by atoms with Gasteiger partial charge in [0.2, 0.25) is 5.89 Å².